The van der Waals surface area contributed by atoms with E-state index in [9.17, 15) is 9.59 Å². The van der Waals surface area contributed by atoms with Gasteiger partial charge in [0.25, 0.3) is 0 Å². The Kier molecular flexibility index (Phi) is 6.82. The normalized spacial score (nSPS) is 27.1. The molecule has 0 aromatic carbocycles. The van der Waals surface area contributed by atoms with Crippen LogP contribution in [0.5, 0.6) is 0 Å². The minimum absolute atomic E-state index is 0.0148. The molecule has 0 heterocycles. The number of nitrogens with one attached hydrogen (secondary N) is 2. The fourth-order valence-electron chi connectivity index (χ4n) is 3.21. The summed E-state index contributed by atoms with van der Waals surface area (Å²) in [6.07, 6.45) is 4.87. The van der Waals surface area contributed by atoms with Gasteiger partial charge in [0.1, 0.15) is 0 Å². The highest BCUT2D eigenvalue weighted by atomic mass is 16.4. The van der Waals surface area contributed by atoms with Crippen LogP contribution in [0.2, 0.25) is 0 Å². The molecule has 2 amide bonds. The Morgan fingerprint density at radius 2 is 2.00 bits per heavy atom. The number of amides is 2. The Morgan fingerprint density at radius 3 is 2.50 bits per heavy atom. The smallest absolute Gasteiger partial charge is 0.315 e. The van der Waals surface area contributed by atoms with Crippen LogP contribution in [0.25, 0.3) is 0 Å². The van der Waals surface area contributed by atoms with E-state index in [-0.39, 0.29) is 24.5 Å². The molecule has 1 rings (SSSR count). The van der Waals surface area contributed by atoms with Crippen LogP contribution in [0, 0.1) is 11.8 Å². The number of carboxylic acids is 1. The third kappa shape index (κ3) is 5.02. The first-order valence-electron chi connectivity index (χ1n) is 7.76. The maximum absolute atomic E-state index is 12.0. The van der Waals surface area contributed by atoms with Gasteiger partial charge < -0.3 is 15.7 Å². The van der Waals surface area contributed by atoms with E-state index in [0.29, 0.717) is 18.3 Å². The van der Waals surface area contributed by atoms with Crippen LogP contribution in [0.15, 0.2) is 0 Å². The first-order chi connectivity index (χ1) is 9.47. The van der Waals surface area contributed by atoms with Gasteiger partial charge >= 0.3 is 12.0 Å². The van der Waals surface area contributed by atoms with Crippen molar-refractivity contribution in [3.63, 3.8) is 0 Å². The zero-order chi connectivity index (χ0) is 15.1. The third-order valence-corrected chi connectivity index (χ3v) is 4.46. The van der Waals surface area contributed by atoms with Crippen LogP contribution in [0.4, 0.5) is 4.79 Å². The Balaban J connectivity index is 2.43. The van der Waals surface area contributed by atoms with E-state index in [0.717, 1.165) is 25.7 Å². The van der Waals surface area contributed by atoms with Gasteiger partial charge in [-0.3, -0.25) is 4.79 Å². The minimum atomic E-state index is -0.871. The Morgan fingerprint density at radius 1 is 1.30 bits per heavy atom. The second kappa shape index (κ2) is 8.12. The molecule has 3 N–H and O–H groups in total. The highest BCUT2D eigenvalue weighted by Gasteiger charge is 2.32. The van der Waals surface area contributed by atoms with Crippen molar-refractivity contribution in [3.8, 4) is 0 Å². The summed E-state index contributed by atoms with van der Waals surface area (Å²) in [5.74, 6) is 0.310. The number of aliphatic carboxylic acids is 1. The molecule has 1 aliphatic rings. The quantitative estimate of drug-likeness (QED) is 0.672. The number of hydrogen-bond donors (Lipinski definition) is 3. The zero-order valence-electron chi connectivity index (χ0n) is 12.8. The first kappa shape index (κ1) is 16.8. The fraction of sp³-hybridized carbons (Fsp3) is 0.867. The number of rotatable bonds is 7. The molecule has 5 nitrogen and oxygen atoms in total. The molecule has 116 valence electrons. The van der Waals surface area contributed by atoms with Gasteiger partial charge in [-0.15, -0.1) is 0 Å². The van der Waals surface area contributed by atoms with Gasteiger partial charge in [0.15, 0.2) is 0 Å². The van der Waals surface area contributed by atoms with Crippen molar-refractivity contribution in [1.82, 2.24) is 10.6 Å². The summed E-state index contributed by atoms with van der Waals surface area (Å²) in [5.41, 5.74) is 0. The number of carboxylic acid groups (broad SMARTS) is 1. The number of carbonyl (C=O) groups is 2. The molecule has 1 fully saturated rings. The van der Waals surface area contributed by atoms with Gasteiger partial charge in [-0.25, -0.2) is 4.79 Å². The highest BCUT2D eigenvalue weighted by Crippen LogP contribution is 2.33. The maximum Gasteiger partial charge on any atom is 0.315 e. The molecule has 0 bridgehead atoms. The van der Waals surface area contributed by atoms with E-state index in [2.05, 4.69) is 24.5 Å². The van der Waals surface area contributed by atoms with Crippen molar-refractivity contribution in [2.24, 2.45) is 11.8 Å². The largest absolute Gasteiger partial charge is 0.481 e. The van der Waals surface area contributed by atoms with Crippen LogP contribution in [-0.2, 0) is 4.79 Å². The molecule has 1 saturated carbocycles. The average molecular weight is 284 g/mol. The molecule has 0 aliphatic heterocycles. The zero-order valence-corrected chi connectivity index (χ0v) is 12.8. The van der Waals surface area contributed by atoms with Gasteiger partial charge in [-0.1, -0.05) is 33.6 Å². The predicted molar refractivity (Wildman–Crippen MR) is 78.6 cm³/mol. The minimum Gasteiger partial charge on any atom is -0.481 e. The molecule has 0 aromatic heterocycles. The van der Waals surface area contributed by atoms with Gasteiger partial charge in [0.2, 0.25) is 0 Å². The molecule has 20 heavy (non-hydrogen) atoms. The van der Waals surface area contributed by atoms with Crippen LogP contribution in [0.1, 0.15) is 59.3 Å². The molecule has 0 spiro atoms. The van der Waals surface area contributed by atoms with E-state index in [4.69, 9.17) is 5.11 Å². The molecule has 0 saturated heterocycles. The molecule has 4 unspecified atom stereocenters. The van der Waals surface area contributed by atoms with Gasteiger partial charge in [-0.2, -0.15) is 0 Å². The molecule has 0 aromatic rings. The lowest BCUT2D eigenvalue weighted by atomic mass is 9.93. The van der Waals surface area contributed by atoms with Crippen molar-refractivity contribution in [2.45, 2.75) is 71.4 Å². The van der Waals surface area contributed by atoms with Crippen LogP contribution >= 0.6 is 0 Å². The molecule has 1 aliphatic carbocycles. The lowest BCUT2D eigenvalue weighted by Crippen LogP contribution is -2.47. The second-order valence-corrected chi connectivity index (χ2v) is 5.91. The highest BCUT2D eigenvalue weighted by molar-refractivity contribution is 5.76. The van der Waals surface area contributed by atoms with Crippen molar-refractivity contribution >= 4 is 12.0 Å². The van der Waals surface area contributed by atoms with Crippen molar-refractivity contribution in [1.29, 1.82) is 0 Å². The molecular weight excluding hydrogens is 256 g/mol. The Bertz CT molecular complexity index is 333. The maximum atomic E-state index is 12.0. The van der Waals surface area contributed by atoms with E-state index >= 15 is 0 Å². The van der Waals surface area contributed by atoms with Gasteiger partial charge in [0.05, 0.1) is 6.42 Å². The topological polar surface area (TPSA) is 78.4 Å². The fourth-order valence-corrected chi connectivity index (χ4v) is 3.21. The van der Waals surface area contributed by atoms with Crippen LogP contribution in [-0.4, -0.2) is 29.2 Å². The van der Waals surface area contributed by atoms with Crippen molar-refractivity contribution < 1.29 is 14.7 Å². The van der Waals surface area contributed by atoms with E-state index in [1.165, 1.54) is 0 Å². The van der Waals surface area contributed by atoms with Gasteiger partial charge in [0, 0.05) is 12.1 Å². The standard InChI is InChI=1S/C15H28N2O3/c1-4-6-12(9-14(18)19)16-15(20)17-13-8-7-11(5-2)10(13)3/h10-13H,4-9H2,1-3H3,(H,18,19)(H2,16,17,20). The average Bonchev–Trinajstić information content (AvgIpc) is 2.70. The molecule has 0 radical (unpaired) electrons. The monoisotopic (exact) mass is 284 g/mol. The SMILES string of the molecule is CCCC(CC(=O)O)NC(=O)NC1CCC(CC)C1C. The Labute approximate surface area is 121 Å². The van der Waals surface area contributed by atoms with E-state index in [1.54, 1.807) is 0 Å². The third-order valence-electron chi connectivity index (χ3n) is 4.46. The summed E-state index contributed by atoms with van der Waals surface area (Å²) in [7, 11) is 0. The number of urea groups is 1. The van der Waals surface area contributed by atoms with E-state index < -0.39 is 5.97 Å². The Hall–Kier alpha value is -1.26. The van der Waals surface area contributed by atoms with Crippen LogP contribution < -0.4 is 10.6 Å². The molecular formula is C15H28N2O3. The summed E-state index contributed by atoms with van der Waals surface area (Å²) in [6.45, 7) is 6.36. The summed E-state index contributed by atoms with van der Waals surface area (Å²) < 4.78 is 0. The number of hydrogen-bond acceptors (Lipinski definition) is 2. The molecule has 5 heteroatoms. The summed E-state index contributed by atoms with van der Waals surface area (Å²) in [5, 5.41) is 14.7. The summed E-state index contributed by atoms with van der Waals surface area (Å²) in [4.78, 5) is 22.8. The second-order valence-electron chi connectivity index (χ2n) is 5.91. The first-order valence-corrected chi connectivity index (χ1v) is 7.76. The lowest BCUT2D eigenvalue weighted by molar-refractivity contribution is -0.137. The molecule has 4 atom stereocenters. The van der Waals surface area contributed by atoms with Crippen molar-refractivity contribution in [3.05, 3.63) is 0 Å². The summed E-state index contributed by atoms with van der Waals surface area (Å²) in [6, 6.07) is -0.290. The predicted octanol–water partition coefficient (Wildman–Crippen LogP) is 2.75. The van der Waals surface area contributed by atoms with Crippen molar-refractivity contribution in [2.75, 3.05) is 0 Å². The number of carbonyl (C=O) groups excluding carboxylic acids is 1. The summed E-state index contributed by atoms with van der Waals surface area (Å²) >= 11 is 0. The van der Waals surface area contributed by atoms with E-state index in [1.807, 2.05) is 6.92 Å². The van der Waals surface area contributed by atoms with Crippen LogP contribution in [0.3, 0.4) is 0 Å². The van der Waals surface area contributed by atoms with Gasteiger partial charge in [-0.05, 0) is 31.1 Å². The lowest BCUT2D eigenvalue weighted by Gasteiger charge is -2.23.